The van der Waals surface area contributed by atoms with E-state index in [1.807, 2.05) is 19.2 Å². The van der Waals surface area contributed by atoms with E-state index in [-0.39, 0.29) is 5.91 Å². The summed E-state index contributed by atoms with van der Waals surface area (Å²) in [5, 5.41) is 19.7. The minimum Gasteiger partial charge on any atom is -0.317 e. The molecule has 0 unspecified atom stereocenters. The molecule has 0 saturated carbocycles. The molecule has 1 saturated heterocycles. The van der Waals surface area contributed by atoms with Gasteiger partial charge < -0.3 is 5.32 Å². The van der Waals surface area contributed by atoms with Gasteiger partial charge in [-0.15, -0.1) is 10.2 Å². The summed E-state index contributed by atoms with van der Waals surface area (Å²) >= 11 is 1.38. The number of rotatable bonds is 3. The van der Waals surface area contributed by atoms with Gasteiger partial charge in [0, 0.05) is 12.4 Å². The lowest BCUT2D eigenvalue weighted by Crippen LogP contribution is -2.52. The smallest absolute Gasteiger partial charge is 0.254 e. The minimum absolute atomic E-state index is 0.0705. The maximum absolute atomic E-state index is 12.7. The van der Waals surface area contributed by atoms with Crippen LogP contribution < -0.4 is 10.6 Å². The second-order valence-electron chi connectivity index (χ2n) is 4.81. The van der Waals surface area contributed by atoms with Crippen molar-refractivity contribution >= 4 is 22.4 Å². The van der Waals surface area contributed by atoms with Gasteiger partial charge in [0.25, 0.3) is 5.91 Å². The van der Waals surface area contributed by atoms with E-state index in [1.165, 1.54) is 11.3 Å². The van der Waals surface area contributed by atoms with Crippen LogP contribution in [0.4, 0.5) is 5.13 Å². The van der Waals surface area contributed by atoms with Crippen molar-refractivity contribution in [2.24, 2.45) is 0 Å². The van der Waals surface area contributed by atoms with Gasteiger partial charge in [0.15, 0.2) is 0 Å². The third-order valence-corrected chi connectivity index (χ3v) is 4.30. The Hall–Kier alpha value is -1.80. The van der Waals surface area contributed by atoms with E-state index in [1.54, 1.807) is 10.9 Å². The van der Waals surface area contributed by atoms with Crippen molar-refractivity contribution in [1.82, 2.24) is 25.3 Å². The summed E-state index contributed by atoms with van der Waals surface area (Å²) in [4.78, 5) is 12.7. The van der Waals surface area contributed by atoms with Crippen molar-refractivity contribution in [3.63, 3.8) is 0 Å². The predicted octanol–water partition coefficient (Wildman–Crippen LogP) is 0.760. The fraction of sp³-hybridized carbons (Fsp3) is 0.500. The number of piperidine rings is 1. The largest absolute Gasteiger partial charge is 0.317 e. The lowest BCUT2D eigenvalue weighted by molar-refractivity contribution is -0.126. The quantitative estimate of drug-likeness (QED) is 0.872. The fourth-order valence-corrected chi connectivity index (χ4v) is 3.07. The van der Waals surface area contributed by atoms with Crippen LogP contribution in [0, 0.1) is 6.92 Å². The van der Waals surface area contributed by atoms with Gasteiger partial charge in [-0.1, -0.05) is 11.3 Å². The number of amides is 1. The van der Waals surface area contributed by atoms with Crippen LogP contribution in [-0.4, -0.2) is 39.0 Å². The van der Waals surface area contributed by atoms with Gasteiger partial charge in [0.1, 0.15) is 10.5 Å². The first-order chi connectivity index (χ1) is 9.71. The van der Waals surface area contributed by atoms with Gasteiger partial charge in [-0.25, -0.2) is 0 Å². The molecule has 20 heavy (non-hydrogen) atoms. The molecule has 7 nitrogen and oxygen atoms in total. The molecular weight excluding hydrogens is 276 g/mol. The second kappa shape index (κ2) is 5.29. The molecule has 3 rings (SSSR count). The summed E-state index contributed by atoms with van der Waals surface area (Å²) in [6, 6.07) is 1.84. The number of carbonyl (C=O) groups is 1. The highest BCUT2D eigenvalue weighted by Crippen LogP contribution is 2.29. The molecule has 0 aromatic carbocycles. The van der Waals surface area contributed by atoms with Gasteiger partial charge in [-0.2, -0.15) is 5.10 Å². The number of hydrogen-bond acceptors (Lipinski definition) is 6. The predicted molar refractivity (Wildman–Crippen MR) is 75.6 cm³/mol. The van der Waals surface area contributed by atoms with Crippen LogP contribution in [0.15, 0.2) is 18.5 Å². The molecule has 2 aromatic heterocycles. The Bertz CT molecular complexity index is 587. The van der Waals surface area contributed by atoms with Crippen LogP contribution in [0.5, 0.6) is 0 Å². The first-order valence-corrected chi connectivity index (χ1v) is 7.35. The molecule has 0 aliphatic carbocycles. The zero-order chi connectivity index (χ0) is 14.0. The molecular formula is C12H16N6OS. The Kier molecular flexibility index (Phi) is 3.49. The van der Waals surface area contributed by atoms with Gasteiger partial charge in [0.05, 0.1) is 0 Å². The van der Waals surface area contributed by atoms with Crippen molar-refractivity contribution in [3.8, 4) is 0 Å². The Morgan fingerprint density at radius 1 is 1.45 bits per heavy atom. The van der Waals surface area contributed by atoms with Crippen LogP contribution in [0.3, 0.4) is 0 Å². The van der Waals surface area contributed by atoms with Crippen molar-refractivity contribution in [3.05, 3.63) is 23.5 Å². The maximum atomic E-state index is 12.7. The average Bonchev–Trinajstić information content (AvgIpc) is 3.11. The summed E-state index contributed by atoms with van der Waals surface area (Å²) in [5.41, 5.74) is -0.645. The lowest BCUT2D eigenvalue weighted by Gasteiger charge is -2.36. The number of carbonyl (C=O) groups excluding carboxylic acids is 1. The van der Waals surface area contributed by atoms with E-state index in [4.69, 9.17) is 0 Å². The number of nitrogens with one attached hydrogen (secondary N) is 2. The van der Waals surface area contributed by atoms with Crippen LogP contribution in [0.1, 0.15) is 17.8 Å². The summed E-state index contributed by atoms with van der Waals surface area (Å²) < 4.78 is 1.76. The number of hydrogen-bond donors (Lipinski definition) is 2. The van der Waals surface area contributed by atoms with Crippen molar-refractivity contribution in [2.45, 2.75) is 25.3 Å². The number of anilines is 1. The van der Waals surface area contributed by atoms with Crippen molar-refractivity contribution in [1.29, 1.82) is 0 Å². The second-order valence-corrected chi connectivity index (χ2v) is 5.99. The number of aromatic nitrogens is 4. The monoisotopic (exact) mass is 292 g/mol. The molecule has 3 heterocycles. The van der Waals surface area contributed by atoms with E-state index in [2.05, 4.69) is 25.9 Å². The first-order valence-electron chi connectivity index (χ1n) is 6.53. The highest BCUT2D eigenvalue weighted by molar-refractivity contribution is 7.15. The molecule has 8 heteroatoms. The van der Waals surface area contributed by atoms with Gasteiger partial charge in [-0.3, -0.25) is 14.8 Å². The van der Waals surface area contributed by atoms with E-state index < -0.39 is 5.54 Å². The summed E-state index contributed by atoms with van der Waals surface area (Å²) in [6.07, 6.45) is 4.96. The van der Waals surface area contributed by atoms with Crippen LogP contribution in [0.25, 0.3) is 0 Å². The molecule has 2 N–H and O–H groups in total. The summed E-state index contributed by atoms with van der Waals surface area (Å²) in [7, 11) is 0. The molecule has 1 fully saturated rings. The van der Waals surface area contributed by atoms with Crippen LogP contribution in [0.2, 0.25) is 0 Å². The van der Waals surface area contributed by atoms with Crippen LogP contribution >= 0.6 is 11.3 Å². The SMILES string of the molecule is Cc1nnc(NC(=O)C2(n3cccn3)CCNCC2)s1. The van der Waals surface area contributed by atoms with Gasteiger partial charge >= 0.3 is 0 Å². The van der Waals surface area contributed by atoms with Crippen molar-refractivity contribution < 1.29 is 4.79 Å². The molecule has 106 valence electrons. The zero-order valence-corrected chi connectivity index (χ0v) is 12.0. The minimum atomic E-state index is -0.645. The van der Waals surface area contributed by atoms with Crippen molar-refractivity contribution in [2.75, 3.05) is 18.4 Å². The molecule has 0 radical (unpaired) electrons. The first kappa shape index (κ1) is 13.2. The molecule has 2 aromatic rings. The molecule has 1 amide bonds. The molecule has 1 aliphatic heterocycles. The third kappa shape index (κ3) is 2.32. The number of aryl methyl sites for hydroxylation is 1. The summed E-state index contributed by atoms with van der Waals surface area (Å²) in [5.74, 6) is -0.0705. The Labute approximate surface area is 120 Å². The fourth-order valence-electron chi connectivity index (χ4n) is 2.48. The van der Waals surface area contributed by atoms with E-state index in [9.17, 15) is 4.79 Å². The lowest BCUT2D eigenvalue weighted by atomic mass is 9.87. The van der Waals surface area contributed by atoms with E-state index in [0.717, 1.165) is 18.1 Å². The molecule has 1 aliphatic rings. The Morgan fingerprint density at radius 2 is 2.25 bits per heavy atom. The Balaban J connectivity index is 1.87. The average molecular weight is 292 g/mol. The topological polar surface area (TPSA) is 84.7 Å². The van der Waals surface area contributed by atoms with E-state index >= 15 is 0 Å². The maximum Gasteiger partial charge on any atom is 0.254 e. The Morgan fingerprint density at radius 3 is 2.85 bits per heavy atom. The van der Waals surface area contributed by atoms with E-state index in [0.29, 0.717) is 18.0 Å². The summed E-state index contributed by atoms with van der Waals surface area (Å²) in [6.45, 7) is 3.45. The molecule has 0 atom stereocenters. The molecule has 0 bridgehead atoms. The third-order valence-electron chi connectivity index (χ3n) is 3.54. The standard InChI is InChI=1S/C12H16N6OS/c1-9-16-17-11(20-9)15-10(19)12(3-6-13-7-4-12)18-8-2-5-14-18/h2,5,8,13H,3-4,6-7H2,1H3,(H,15,17,19). The highest BCUT2D eigenvalue weighted by atomic mass is 32.1. The zero-order valence-electron chi connectivity index (χ0n) is 11.2. The normalized spacial score (nSPS) is 17.9. The van der Waals surface area contributed by atoms with Gasteiger partial charge in [-0.05, 0) is 38.9 Å². The highest BCUT2D eigenvalue weighted by Gasteiger charge is 2.42. The molecule has 0 spiro atoms. The van der Waals surface area contributed by atoms with Crippen LogP contribution in [-0.2, 0) is 10.3 Å². The van der Waals surface area contributed by atoms with Gasteiger partial charge in [0.2, 0.25) is 5.13 Å². The number of nitrogens with zero attached hydrogens (tertiary/aromatic N) is 4.